The van der Waals surface area contributed by atoms with Gasteiger partial charge in [0.25, 0.3) is 0 Å². The third kappa shape index (κ3) is 1.68. The van der Waals surface area contributed by atoms with Crippen molar-refractivity contribution in [1.29, 1.82) is 0 Å². The summed E-state index contributed by atoms with van der Waals surface area (Å²) in [5.74, 6) is 0. The number of hydrogen-bond acceptors (Lipinski definition) is 3. The summed E-state index contributed by atoms with van der Waals surface area (Å²) in [5, 5.41) is 8.52. The zero-order valence-electron chi connectivity index (χ0n) is 11.4. The van der Waals surface area contributed by atoms with E-state index in [0.29, 0.717) is 6.04 Å². The zero-order chi connectivity index (χ0) is 13.5. The third-order valence-corrected chi connectivity index (χ3v) is 4.05. The van der Waals surface area contributed by atoms with Crippen LogP contribution in [0.5, 0.6) is 0 Å². The van der Waals surface area contributed by atoms with E-state index < -0.39 is 0 Å². The summed E-state index contributed by atoms with van der Waals surface area (Å²) in [6, 6.07) is 17.2. The van der Waals surface area contributed by atoms with E-state index in [0.717, 1.165) is 24.1 Å². The SMILES string of the molecule is C[C@H]1Cc2ccccc2N1Cn1nnc2ccccc21. The van der Waals surface area contributed by atoms with E-state index in [1.165, 1.54) is 11.3 Å². The van der Waals surface area contributed by atoms with Crippen molar-refractivity contribution in [2.24, 2.45) is 0 Å². The molecule has 4 heteroatoms. The number of anilines is 1. The Bertz CT molecular complexity index is 762. The lowest BCUT2D eigenvalue weighted by molar-refractivity contribution is 0.536. The maximum Gasteiger partial charge on any atom is 0.114 e. The molecular weight excluding hydrogens is 248 g/mol. The van der Waals surface area contributed by atoms with Gasteiger partial charge in [0.15, 0.2) is 0 Å². The molecule has 20 heavy (non-hydrogen) atoms. The molecule has 0 fully saturated rings. The average molecular weight is 264 g/mol. The Morgan fingerprint density at radius 1 is 1.10 bits per heavy atom. The van der Waals surface area contributed by atoms with Crippen LogP contribution < -0.4 is 4.90 Å². The molecule has 0 saturated heterocycles. The van der Waals surface area contributed by atoms with Crippen LogP contribution in [0.1, 0.15) is 12.5 Å². The van der Waals surface area contributed by atoms with E-state index >= 15 is 0 Å². The van der Waals surface area contributed by atoms with Crippen molar-refractivity contribution in [3.8, 4) is 0 Å². The number of rotatable bonds is 2. The summed E-state index contributed by atoms with van der Waals surface area (Å²) >= 11 is 0. The number of nitrogens with zero attached hydrogens (tertiary/aromatic N) is 4. The first-order valence-electron chi connectivity index (χ1n) is 6.96. The second-order valence-electron chi connectivity index (χ2n) is 5.37. The van der Waals surface area contributed by atoms with E-state index in [1.54, 1.807) is 0 Å². The van der Waals surface area contributed by atoms with Gasteiger partial charge < -0.3 is 4.90 Å². The van der Waals surface area contributed by atoms with Gasteiger partial charge in [-0.3, -0.25) is 0 Å². The van der Waals surface area contributed by atoms with Crippen LogP contribution in [-0.4, -0.2) is 21.0 Å². The van der Waals surface area contributed by atoms with Crippen LogP contribution in [-0.2, 0) is 13.1 Å². The Labute approximate surface area is 117 Å². The minimum absolute atomic E-state index is 0.496. The first kappa shape index (κ1) is 11.5. The molecule has 0 bridgehead atoms. The molecule has 0 radical (unpaired) electrons. The summed E-state index contributed by atoms with van der Waals surface area (Å²) in [5.41, 5.74) is 4.78. The van der Waals surface area contributed by atoms with Crippen molar-refractivity contribution in [1.82, 2.24) is 15.0 Å². The molecule has 1 aliphatic rings. The first-order chi connectivity index (χ1) is 9.83. The smallest absolute Gasteiger partial charge is 0.114 e. The van der Waals surface area contributed by atoms with Gasteiger partial charge in [0.05, 0.1) is 5.52 Å². The van der Waals surface area contributed by atoms with Crippen molar-refractivity contribution in [3.05, 3.63) is 54.1 Å². The Hall–Kier alpha value is -2.36. The summed E-state index contributed by atoms with van der Waals surface area (Å²) in [4.78, 5) is 2.40. The Balaban J connectivity index is 1.72. The molecule has 4 rings (SSSR count). The summed E-state index contributed by atoms with van der Waals surface area (Å²) in [6.45, 7) is 3.01. The summed E-state index contributed by atoms with van der Waals surface area (Å²) < 4.78 is 1.98. The fraction of sp³-hybridized carbons (Fsp3) is 0.250. The van der Waals surface area contributed by atoms with E-state index in [-0.39, 0.29) is 0 Å². The quantitative estimate of drug-likeness (QED) is 0.713. The molecular formula is C16H16N4. The third-order valence-electron chi connectivity index (χ3n) is 4.05. The first-order valence-corrected chi connectivity index (χ1v) is 6.96. The largest absolute Gasteiger partial charge is 0.349 e. The van der Waals surface area contributed by atoms with Gasteiger partial charge in [0.2, 0.25) is 0 Å². The second kappa shape index (κ2) is 4.34. The number of fused-ring (bicyclic) bond motifs is 2. The van der Waals surface area contributed by atoms with Crippen LogP contribution in [0.25, 0.3) is 11.0 Å². The molecule has 1 atom stereocenters. The van der Waals surface area contributed by atoms with Crippen LogP contribution in [0.4, 0.5) is 5.69 Å². The van der Waals surface area contributed by atoms with Gasteiger partial charge in [-0.2, -0.15) is 0 Å². The number of para-hydroxylation sites is 2. The van der Waals surface area contributed by atoms with Gasteiger partial charge >= 0.3 is 0 Å². The highest BCUT2D eigenvalue weighted by Gasteiger charge is 2.26. The minimum atomic E-state index is 0.496. The van der Waals surface area contributed by atoms with Crippen LogP contribution in [0, 0.1) is 0 Å². The maximum atomic E-state index is 4.29. The molecule has 2 aromatic carbocycles. The Morgan fingerprint density at radius 2 is 1.90 bits per heavy atom. The number of benzene rings is 2. The van der Waals surface area contributed by atoms with Crippen LogP contribution in [0.15, 0.2) is 48.5 Å². The fourth-order valence-electron chi connectivity index (χ4n) is 3.01. The molecule has 0 unspecified atom stereocenters. The highest BCUT2D eigenvalue weighted by atomic mass is 15.5. The van der Waals surface area contributed by atoms with Gasteiger partial charge in [-0.15, -0.1) is 5.10 Å². The predicted molar refractivity (Wildman–Crippen MR) is 79.6 cm³/mol. The molecule has 100 valence electrons. The normalized spacial score (nSPS) is 17.6. The lowest BCUT2D eigenvalue weighted by Crippen LogP contribution is -2.31. The van der Waals surface area contributed by atoms with Crippen molar-refractivity contribution in [2.45, 2.75) is 26.1 Å². The van der Waals surface area contributed by atoms with Gasteiger partial charge in [-0.1, -0.05) is 35.5 Å². The molecule has 1 aliphatic heterocycles. The fourth-order valence-corrected chi connectivity index (χ4v) is 3.01. The Kier molecular flexibility index (Phi) is 2.49. The Morgan fingerprint density at radius 3 is 2.85 bits per heavy atom. The van der Waals surface area contributed by atoms with Crippen molar-refractivity contribution in [3.63, 3.8) is 0 Å². The standard InChI is InChI=1S/C16H16N4/c1-12-10-13-6-2-4-8-15(13)19(12)11-20-16-9-5-3-7-14(16)17-18-20/h2-9,12H,10-11H2,1H3/t12-/m0/s1. The van der Waals surface area contributed by atoms with Gasteiger partial charge in [0, 0.05) is 11.7 Å². The average Bonchev–Trinajstić information content (AvgIpc) is 3.02. The topological polar surface area (TPSA) is 34.0 Å². The summed E-state index contributed by atoms with van der Waals surface area (Å²) in [6.07, 6.45) is 1.10. The van der Waals surface area contributed by atoms with Crippen molar-refractivity contribution >= 4 is 16.7 Å². The van der Waals surface area contributed by atoms with E-state index in [1.807, 2.05) is 22.9 Å². The lowest BCUT2D eigenvalue weighted by Gasteiger charge is -2.24. The zero-order valence-corrected chi connectivity index (χ0v) is 11.4. The van der Waals surface area contributed by atoms with Gasteiger partial charge in [-0.25, -0.2) is 4.68 Å². The molecule has 1 aromatic heterocycles. The second-order valence-corrected chi connectivity index (χ2v) is 5.37. The van der Waals surface area contributed by atoms with E-state index in [9.17, 15) is 0 Å². The maximum absolute atomic E-state index is 4.29. The summed E-state index contributed by atoms with van der Waals surface area (Å²) in [7, 11) is 0. The monoisotopic (exact) mass is 264 g/mol. The van der Waals surface area contributed by atoms with Crippen LogP contribution >= 0.6 is 0 Å². The molecule has 4 nitrogen and oxygen atoms in total. The minimum Gasteiger partial charge on any atom is -0.349 e. The molecule has 0 spiro atoms. The number of aromatic nitrogens is 3. The van der Waals surface area contributed by atoms with E-state index in [4.69, 9.17) is 0 Å². The molecule has 2 heterocycles. The van der Waals surface area contributed by atoms with E-state index in [2.05, 4.69) is 52.5 Å². The van der Waals surface area contributed by atoms with Crippen molar-refractivity contribution < 1.29 is 0 Å². The highest BCUT2D eigenvalue weighted by molar-refractivity contribution is 5.74. The molecule has 0 N–H and O–H groups in total. The highest BCUT2D eigenvalue weighted by Crippen LogP contribution is 2.32. The number of hydrogen-bond donors (Lipinski definition) is 0. The van der Waals surface area contributed by atoms with Gasteiger partial charge in [0.1, 0.15) is 12.2 Å². The lowest BCUT2D eigenvalue weighted by atomic mass is 10.1. The molecule has 0 saturated carbocycles. The van der Waals surface area contributed by atoms with Crippen LogP contribution in [0.3, 0.4) is 0 Å². The molecule has 3 aromatic rings. The van der Waals surface area contributed by atoms with Gasteiger partial charge in [-0.05, 0) is 37.1 Å². The van der Waals surface area contributed by atoms with Crippen molar-refractivity contribution in [2.75, 3.05) is 4.90 Å². The van der Waals surface area contributed by atoms with Crippen LogP contribution in [0.2, 0.25) is 0 Å². The predicted octanol–water partition coefficient (Wildman–Crippen LogP) is 2.84. The molecule has 0 aliphatic carbocycles. The molecule has 0 amide bonds.